The van der Waals surface area contributed by atoms with Gasteiger partial charge in [-0.25, -0.2) is 18.6 Å². The molecule has 1 atom stereocenters. The molecule has 1 unspecified atom stereocenters. The zero-order valence-electron chi connectivity index (χ0n) is 16.2. The molecule has 0 aliphatic heterocycles. The second kappa shape index (κ2) is 10.1. The highest BCUT2D eigenvalue weighted by Crippen LogP contribution is 2.25. The van der Waals surface area contributed by atoms with Crippen molar-refractivity contribution in [2.24, 2.45) is 0 Å². The highest BCUT2D eigenvalue weighted by molar-refractivity contribution is 7.16. The van der Waals surface area contributed by atoms with E-state index in [1.807, 2.05) is 6.92 Å². The number of methoxy groups -OCH3 is 1. The van der Waals surface area contributed by atoms with E-state index >= 15 is 0 Å². The molecule has 156 valence electrons. The number of hydrogen-bond acceptors (Lipinski definition) is 6. The fourth-order valence-corrected chi connectivity index (χ4v) is 3.58. The highest BCUT2D eigenvalue weighted by atomic mass is 32.1. The number of carbonyl (C=O) groups is 3. The number of rotatable bonds is 8. The molecule has 0 bridgehead atoms. The van der Waals surface area contributed by atoms with Gasteiger partial charge in [-0.2, -0.15) is 0 Å². The Bertz CT molecular complexity index is 897. The zero-order chi connectivity index (χ0) is 21.6. The first kappa shape index (κ1) is 22.4. The van der Waals surface area contributed by atoms with Crippen LogP contribution in [0.3, 0.4) is 0 Å². The van der Waals surface area contributed by atoms with Crippen LogP contribution in [0.1, 0.15) is 41.2 Å². The molecular formula is C19H21F2N3O4S. The fourth-order valence-electron chi connectivity index (χ4n) is 2.53. The molecule has 0 radical (unpaired) electrons. The zero-order valence-corrected chi connectivity index (χ0v) is 17.0. The van der Waals surface area contributed by atoms with E-state index in [0.717, 1.165) is 29.9 Å². The summed E-state index contributed by atoms with van der Waals surface area (Å²) in [6, 6.07) is 1.88. The summed E-state index contributed by atoms with van der Waals surface area (Å²) in [5, 5.41) is 5.23. The molecule has 0 saturated heterocycles. The number of nitrogens with zero attached hydrogens (tertiary/aromatic N) is 1. The van der Waals surface area contributed by atoms with E-state index in [0.29, 0.717) is 17.4 Å². The number of halogens is 2. The van der Waals surface area contributed by atoms with Crippen LogP contribution in [0.4, 0.5) is 13.9 Å². The molecule has 2 rings (SSSR count). The second-order valence-electron chi connectivity index (χ2n) is 6.27. The molecule has 10 heteroatoms. The number of ether oxygens (including phenoxy) is 1. The number of amides is 2. The summed E-state index contributed by atoms with van der Waals surface area (Å²) in [6.45, 7) is 3.41. The van der Waals surface area contributed by atoms with Crippen LogP contribution in [0.2, 0.25) is 0 Å². The molecule has 1 aromatic heterocycles. The molecule has 29 heavy (non-hydrogen) atoms. The summed E-state index contributed by atoms with van der Waals surface area (Å²) in [5.41, 5.74) is 0.305. The van der Waals surface area contributed by atoms with Crippen LogP contribution in [0.15, 0.2) is 18.2 Å². The molecule has 0 saturated carbocycles. The van der Waals surface area contributed by atoms with E-state index < -0.39 is 35.5 Å². The number of aryl methyl sites for hydroxylation is 1. The first-order valence-corrected chi connectivity index (χ1v) is 9.68. The molecule has 2 aromatic rings. The number of hydrogen-bond donors (Lipinski definition) is 2. The van der Waals surface area contributed by atoms with Crippen molar-refractivity contribution in [1.29, 1.82) is 0 Å². The van der Waals surface area contributed by atoms with Crippen LogP contribution in [0.5, 0.6) is 0 Å². The van der Waals surface area contributed by atoms with Gasteiger partial charge in [0.05, 0.1) is 13.5 Å². The van der Waals surface area contributed by atoms with Crippen molar-refractivity contribution in [3.8, 4) is 0 Å². The monoisotopic (exact) mass is 425 g/mol. The van der Waals surface area contributed by atoms with Gasteiger partial charge in [0.15, 0.2) is 10.8 Å². The number of benzene rings is 1. The summed E-state index contributed by atoms with van der Waals surface area (Å²) >= 11 is 1.16. The van der Waals surface area contributed by atoms with Crippen molar-refractivity contribution in [2.75, 3.05) is 12.4 Å². The lowest BCUT2D eigenvalue weighted by Crippen LogP contribution is -2.42. The Hall–Kier alpha value is -2.88. The third-order valence-electron chi connectivity index (χ3n) is 3.84. The van der Waals surface area contributed by atoms with Crippen molar-refractivity contribution in [3.05, 3.63) is 46.0 Å². The SMILES string of the molecule is CCCc1sc(NC(=O)C(C)NC(=O)Cc2cc(F)cc(F)c2)nc1C(=O)OC. The number of anilines is 1. The van der Waals surface area contributed by atoms with Crippen molar-refractivity contribution in [1.82, 2.24) is 10.3 Å². The van der Waals surface area contributed by atoms with Gasteiger partial charge in [0.2, 0.25) is 11.8 Å². The molecule has 2 N–H and O–H groups in total. The summed E-state index contributed by atoms with van der Waals surface area (Å²) in [5.74, 6) is -3.28. The van der Waals surface area contributed by atoms with Gasteiger partial charge in [-0.15, -0.1) is 11.3 Å². The van der Waals surface area contributed by atoms with Gasteiger partial charge in [0, 0.05) is 10.9 Å². The van der Waals surface area contributed by atoms with Crippen molar-refractivity contribution in [2.45, 2.75) is 39.2 Å². The summed E-state index contributed by atoms with van der Waals surface area (Å²) < 4.78 is 31.1. The van der Waals surface area contributed by atoms with E-state index in [1.54, 1.807) is 0 Å². The van der Waals surface area contributed by atoms with E-state index in [4.69, 9.17) is 4.74 Å². The average molecular weight is 425 g/mol. The molecule has 0 fully saturated rings. The molecule has 1 heterocycles. The van der Waals surface area contributed by atoms with Crippen LogP contribution in [-0.4, -0.2) is 35.9 Å². The van der Waals surface area contributed by atoms with Crippen LogP contribution in [0, 0.1) is 11.6 Å². The Morgan fingerprint density at radius 3 is 2.45 bits per heavy atom. The molecule has 1 aromatic carbocycles. The second-order valence-corrected chi connectivity index (χ2v) is 7.35. The Balaban J connectivity index is 1.99. The lowest BCUT2D eigenvalue weighted by atomic mass is 10.1. The minimum atomic E-state index is -0.930. The minimum absolute atomic E-state index is 0.152. The predicted molar refractivity (Wildman–Crippen MR) is 104 cm³/mol. The molecular weight excluding hydrogens is 404 g/mol. The summed E-state index contributed by atoms with van der Waals surface area (Å²) in [7, 11) is 1.25. The largest absolute Gasteiger partial charge is 0.464 e. The number of nitrogens with one attached hydrogen (secondary N) is 2. The molecule has 2 amide bonds. The average Bonchev–Trinajstić information content (AvgIpc) is 3.02. The number of esters is 1. The first-order chi connectivity index (χ1) is 13.7. The van der Waals surface area contributed by atoms with Crippen molar-refractivity contribution < 1.29 is 27.9 Å². The van der Waals surface area contributed by atoms with Gasteiger partial charge < -0.3 is 15.4 Å². The van der Waals surface area contributed by atoms with Crippen LogP contribution >= 0.6 is 11.3 Å². The lowest BCUT2D eigenvalue weighted by Gasteiger charge is -2.13. The minimum Gasteiger partial charge on any atom is -0.464 e. The first-order valence-electron chi connectivity index (χ1n) is 8.86. The Morgan fingerprint density at radius 2 is 1.86 bits per heavy atom. The van der Waals surface area contributed by atoms with Crippen molar-refractivity contribution >= 4 is 34.3 Å². The van der Waals surface area contributed by atoms with Gasteiger partial charge in [0.1, 0.15) is 17.7 Å². The van der Waals surface area contributed by atoms with Gasteiger partial charge >= 0.3 is 5.97 Å². The van der Waals surface area contributed by atoms with Gasteiger partial charge in [-0.1, -0.05) is 13.3 Å². The van der Waals surface area contributed by atoms with Crippen molar-refractivity contribution in [3.63, 3.8) is 0 Å². The predicted octanol–water partition coefficient (Wildman–Crippen LogP) is 2.85. The van der Waals surface area contributed by atoms with E-state index in [-0.39, 0.29) is 22.8 Å². The smallest absolute Gasteiger partial charge is 0.357 e. The van der Waals surface area contributed by atoms with E-state index in [1.165, 1.54) is 14.0 Å². The summed E-state index contributed by atoms with van der Waals surface area (Å²) in [4.78, 5) is 41.0. The van der Waals surface area contributed by atoms with E-state index in [9.17, 15) is 23.2 Å². The van der Waals surface area contributed by atoms with Crippen LogP contribution in [0.25, 0.3) is 0 Å². The van der Waals surface area contributed by atoms with Gasteiger partial charge in [0.25, 0.3) is 0 Å². The standard InChI is InChI=1S/C19H21F2N3O4S/c1-4-5-14-16(18(27)28-3)23-19(29-14)24-17(26)10(2)22-15(25)8-11-6-12(20)9-13(21)7-11/h6-7,9-10H,4-5,8H2,1-3H3,(H,22,25)(H,23,24,26). The Labute approximate surface area is 170 Å². The topological polar surface area (TPSA) is 97.4 Å². The molecule has 0 aliphatic carbocycles. The highest BCUT2D eigenvalue weighted by Gasteiger charge is 2.22. The van der Waals surface area contributed by atoms with Gasteiger partial charge in [-0.3, -0.25) is 9.59 Å². The van der Waals surface area contributed by atoms with E-state index in [2.05, 4.69) is 15.6 Å². The Kier molecular flexibility index (Phi) is 7.77. The normalized spacial score (nSPS) is 11.6. The molecule has 7 nitrogen and oxygen atoms in total. The lowest BCUT2D eigenvalue weighted by molar-refractivity contribution is -0.125. The maximum Gasteiger partial charge on any atom is 0.357 e. The van der Waals surface area contributed by atoms with Crippen LogP contribution < -0.4 is 10.6 Å². The number of carbonyl (C=O) groups excluding carboxylic acids is 3. The van der Waals surface area contributed by atoms with Crippen LogP contribution in [-0.2, 0) is 27.2 Å². The van der Waals surface area contributed by atoms with Gasteiger partial charge in [-0.05, 0) is 31.0 Å². The maximum absolute atomic E-state index is 13.2. The number of thiazole rings is 1. The molecule has 0 spiro atoms. The third kappa shape index (κ3) is 6.31. The maximum atomic E-state index is 13.2. The third-order valence-corrected chi connectivity index (χ3v) is 4.87. The molecule has 0 aliphatic rings. The Morgan fingerprint density at radius 1 is 1.21 bits per heavy atom. The quantitative estimate of drug-likeness (QED) is 0.634. The number of aromatic nitrogens is 1. The summed E-state index contributed by atoms with van der Waals surface area (Å²) in [6.07, 6.45) is 1.11. The fraction of sp³-hybridized carbons (Fsp3) is 0.368.